The fourth-order valence-corrected chi connectivity index (χ4v) is 4.95. The van der Waals surface area contributed by atoms with Crippen molar-refractivity contribution >= 4 is 0 Å². The molecule has 1 aromatic carbocycles. The van der Waals surface area contributed by atoms with Crippen LogP contribution in [0.3, 0.4) is 0 Å². The van der Waals surface area contributed by atoms with Crippen LogP contribution in [0.1, 0.15) is 17.2 Å². The number of aliphatic hydroxyl groups is 2. The number of hydrogen-bond donors (Lipinski definition) is 2. The lowest BCUT2D eigenvalue weighted by molar-refractivity contribution is -0.0535. The molecule has 5 rings (SSSR count). The van der Waals surface area contributed by atoms with E-state index in [0.29, 0.717) is 17.1 Å². The molecule has 2 aliphatic heterocycles. The molecule has 0 saturated carbocycles. The molecular weight excluding hydrogens is 314 g/mol. The SMILES string of the molecule is CO[C@@H]1C=C[C@]23c4cc5c(cc4[C@@H](O)[C@H]1C2N([O-])C[C@@H]3O)OCO5. The monoisotopic (exact) mass is 332 g/mol. The van der Waals surface area contributed by atoms with Crippen LogP contribution in [-0.4, -0.2) is 54.0 Å². The van der Waals surface area contributed by atoms with Gasteiger partial charge in [-0.3, -0.25) is 0 Å². The van der Waals surface area contributed by atoms with Crippen molar-refractivity contribution in [2.75, 3.05) is 20.4 Å². The average molecular weight is 332 g/mol. The van der Waals surface area contributed by atoms with E-state index in [2.05, 4.69) is 0 Å². The molecule has 1 fully saturated rings. The molecule has 6 atom stereocenters. The van der Waals surface area contributed by atoms with E-state index in [1.165, 1.54) is 0 Å². The largest absolute Gasteiger partial charge is 0.785 e. The van der Waals surface area contributed by atoms with Crippen LogP contribution < -0.4 is 9.47 Å². The maximum atomic E-state index is 12.6. The van der Waals surface area contributed by atoms with Crippen molar-refractivity contribution in [3.63, 3.8) is 0 Å². The van der Waals surface area contributed by atoms with E-state index in [1.807, 2.05) is 12.2 Å². The summed E-state index contributed by atoms with van der Waals surface area (Å²) in [7, 11) is 1.56. The lowest BCUT2D eigenvalue weighted by Gasteiger charge is -2.54. The first-order valence-electron chi connectivity index (χ1n) is 8.04. The summed E-state index contributed by atoms with van der Waals surface area (Å²) in [4.78, 5) is 0. The number of aliphatic hydroxyl groups excluding tert-OH is 2. The number of ether oxygens (including phenoxy) is 3. The van der Waals surface area contributed by atoms with E-state index < -0.39 is 35.7 Å². The van der Waals surface area contributed by atoms with Crippen LogP contribution in [-0.2, 0) is 10.2 Å². The number of fused-ring (bicyclic) bond motifs is 2. The minimum atomic E-state index is -0.885. The van der Waals surface area contributed by atoms with Gasteiger partial charge in [-0.05, 0) is 23.3 Å². The topological polar surface area (TPSA) is 94.5 Å². The van der Waals surface area contributed by atoms with E-state index in [0.717, 1.165) is 10.6 Å². The zero-order chi connectivity index (χ0) is 16.6. The van der Waals surface area contributed by atoms with Crippen molar-refractivity contribution < 1.29 is 24.4 Å². The van der Waals surface area contributed by atoms with Gasteiger partial charge in [0.05, 0.1) is 23.7 Å². The summed E-state index contributed by atoms with van der Waals surface area (Å²) in [5.74, 6) is 0.694. The molecule has 7 heteroatoms. The number of β-amino-alcohol motifs (C(OH)–C–C–N with tert-alkyl or cyclic N) is 1. The predicted molar refractivity (Wildman–Crippen MR) is 82.5 cm³/mol. The predicted octanol–water partition coefficient (Wildman–Crippen LogP) is 0.444. The first-order valence-corrected chi connectivity index (χ1v) is 8.04. The highest BCUT2D eigenvalue weighted by Crippen LogP contribution is 2.58. The fraction of sp³-hybridized carbons (Fsp3) is 0.529. The van der Waals surface area contributed by atoms with Crippen molar-refractivity contribution in [1.82, 2.24) is 5.06 Å². The molecule has 2 bridgehead atoms. The highest BCUT2D eigenvalue weighted by Gasteiger charge is 2.62. The number of nitrogens with zero attached hydrogens (tertiary/aromatic N) is 1. The molecule has 7 nitrogen and oxygen atoms in total. The Bertz CT molecular complexity index is 736. The summed E-state index contributed by atoms with van der Waals surface area (Å²) >= 11 is 0. The summed E-state index contributed by atoms with van der Waals surface area (Å²) in [5, 5.41) is 35.2. The van der Waals surface area contributed by atoms with Gasteiger partial charge in [0, 0.05) is 25.6 Å². The summed E-state index contributed by atoms with van der Waals surface area (Å²) in [6.45, 7) is 0.128. The molecule has 0 spiro atoms. The minimum Gasteiger partial charge on any atom is -0.785 e. The van der Waals surface area contributed by atoms with Crippen LogP contribution in [0, 0.1) is 11.1 Å². The van der Waals surface area contributed by atoms with E-state index in [-0.39, 0.29) is 13.3 Å². The number of benzene rings is 1. The Balaban J connectivity index is 1.80. The Hall–Kier alpha value is -1.64. The molecule has 0 amide bonds. The van der Waals surface area contributed by atoms with Crippen molar-refractivity contribution in [1.29, 1.82) is 0 Å². The van der Waals surface area contributed by atoms with Crippen LogP contribution in [0.5, 0.6) is 11.5 Å². The molecule has 0 aromatic heterocycles. The first kappa shape index (κ1) is 14.7. The number of hydroxylamine groups is 2. The van der Waals surface area contributed by atoms with Gasteiger partial charge >= 0.3 is 0 Å². The van der Waals surface area contributed by atoms with Crippen LogP contribution in [0.4, 0.5) is 0 Å². The summed E-state index contributed by atoms with van der Waals surface area (Å²) in [5.41, 5.74) is 0.537. The van der Waals surface area contributed by atoms with E-state index in [9.17, 15) is 15.4 Å². The van der Waals surface area contributed by atoms with Crippen molar-refractivity contribution in [2.45, 2.75) is 29.8 Å². The highest BCUT2D eigenvalue weighted by molar-refractivity contribution is 5.58. The third-order valence-corrected chi connectivity index (χ3v) is 5.98. The zero-order valence-electron chi connectivity index (χ0n) is 13.1. The quantitative estimate of drug-likeness (QED) is 0.721. The maximum absolute atomic E-state index is 12.6. The number of methoxy groups -OCH3 is 1. The smallest absolute Gasteiger partial charge is 0.231 e. The molecule has 1 unspecified atom stereocenters. The molecule has 2 aliphatic carbocycles. The third-order valence-electron chi connectivity index (χ3n) is 5.98. The normalized spacial score (nSPS) is 42.1. The molecule has 1 aromatic rings. The second-order valence-electron chi connectivity index (χ2n) is 6.87. The van der Waals surface area contributed by atoms with Crippen molar-refractivity contribution in [3.05, 3.63) is 40.6 Å². The van der Waals surface area contributed by atoms with E-state index in [4.69, 9.17) is 14.2 Å². The Labute approximate surface area is 138 Å². The molecular formula is C17H18NO6-. The molecule has 4 aliphatic rings. The van der Waals surface area contributed by atoms with Crippen molar-refractivity contribution in [3.8, 4) is 11.5 Å². The second-order valence-corrected chi connectivity index (χ2v) is 6.87. The standard InChI is InChI=1S/C17H18NO6/c1-22-10-2-3-17-9-5-12-11(23-7-24-12)4-8(9)15(20)14(10)16(17)18(21)6-13(17)19/h2-5,10,13-16,19-20H,6-7H2,1H3/q-1/t10-,13+,14+,15-,16?,17-/m1/s1. The Morgan fingerprint density at radius 3 is 2.79 bits per heavy atom. The Morgan fingerprint density at radius 1 is 1.29 bits per heavy atom. The van der Waals surface area contributed by atoms with E-state index in [1.54, 1.807) is 19.2 Å². The van der Waals surface area contributed by atoms with Gasteiger partial charge in [-0.1, -0.05) is 12.2 Å². The Morgan fingerprint density at radius 2 is 2.04 bits per heavy atom. The zero-order valence-corrected chi connectivity index (χ0v) is 13.1. The summed E-state index contributed by atoms with van der Waals surface area (Å²) in [6.07, 6.45) is 1.59. The summed E-state index contributed by atoms with van der Waals surface area (Å²) in [6, 6.07) is 2.98. The first-order chi connectivity index (χ1) is 11.6. The van der Waals surface area contributed by atoms with Gasteiger partial charge in [0.15, 0.2) is 11.5 Å². The lowest BCUT2D eigenvalue weighted by Crippen LogP contribution is -2.59. The van der Waals surface area contributed by atoms with Crippen LogP contribution in [0.25, 0.3) is 0 Å². The fourth-order valence-electron chi connectivity index (χ4n) is 4.95. The van der Waals surface area contributed by atoms with Gasteiger partial charge < -0.3 is 34.7 Å². The van der Waals surface area contributed by atoms with Gasteiger partial charge in [0.25, 0.3) is 0 Å². The van der Waals surface area contributed by atoms with Crippen LogP contribution >= 0.6 is 0 Å². The molecule has 0 radical (unpaired) electrons. The molecule has 24 heavy (non-hydrogen) atoms. The minimum absolute atomic E-state index is 0.00252. The van der Waals surface area contributed by atoms with Crippen LogP contribution in [0.15, 0.2) is 24.3 Å². The molecule has 128 valence electrons. The van der Waals surface area contributed by atoms with Gasteiger partial charge in [-0.25, -0.2) is 0 Å². The molecule has 2 heterocycles. The van der Waals surface area contributed by atoms with Crippen LogP contribution in [0.2, 0.25) is 0 Å². The van der Waals surface area contributed by atoms with Gasteiger partial charge in [0.1, 0.15) is 0 Å². The molecule has 1 saturated heterocycles. The lowest BCUT2D eigenvalue weighted by atomic mass is 9.57. The maximum Gasteiger partial charge on any atom is 0.231 e. The number of rotatable bonds is 1. The van der Waals surface area contributed by atoms with Gasteiger partial charge in [0.2, 0.25) is 6.79 Å². The third kappa shape index (κ3) is 1.54. The second kappa shape index (κ2) is 4.71. The average Bonchev–Trinajstić information content (AvgIpc) is 3.14. The summed E-state index contributed by atoms with van der Waals surface area (Å²) < 4.78 is 16.4. The van der Waals surface area contributed by atoms with Gasteiger partial charge in [-0.2, -0.15) is 0 Å². The highest BCUT2D eigenvalue weighted by atomic mass is 16.7. The van der Waals surface area contributed by atoms with Crippen molar-refractivity contribution in [2.24, 2.45) is 5.92 Å². The number of hydrogen-bond acceptors (Lipinski definition) is 7. The van der Waals surface area contributed by atoms with Gasteiger partial charge in [-0.15, -0.1) is 0 Å². The molecule has 2 N–H and O–H groups in total. The van der Waals surface area contributed by atoms with E-state index >= 15 is 0 Å². The Kier molecular flexibility index (Phi) is 2.88.